The van der Waals surface area contributed by atoms with Crippen LogP contribution in [0.5, 0.6) is 0 Å². The topological polar surface area (TPSA) is 109 Å². The molecule has 2 atom stereocenters. The molecule has 134 valence electrons. The second-order valence-electron chi connectivity index (χ2n) is 6.57. The predicted molar refractivity (Wildman–Crippen MR) is 92.9 cm³/mol. The van der Waals surface area contributed by atoms with Crippen molar-refractivity contribution in [3.05, 3.63) is 11.9 Å². The van der Waals surface area contributed by atoms with E-state index in [0.717, 1.165) is 0 Å². The molecule has 0 aromatic carbocycles. The fraction of sp³-hybridized carbons (Fsp3) is 0.714. The molecule has 10 heteroatoms. The molecule has 2 unspecified atom stereocenters. The molecule has 24 heavy (non-hydrogen) atoms. The number of nitrogens with zero attached hydrogens (tertiary/aromatic N) is 3. The van der Waals surface area contributed by atoms with Gasteiger partial charge in [-0.1, -0.05) is 0 Å². The van der Waals surface area contributed by atoms with E-state index >= 15 is 0 Å². The van der Waals surface area contributed by atoms with Gasteiger partial charge in [-0.05, 0) is 19.8 Å². The van der Waals surface area contributed by atoms with Crippen LogP contribution in [0.2, 0.25) is 0 Å². The standard InChI is InChI=1S/C14H22N4O4S2/c1-10-15-13(17-11-3-5-23(19,20)8-11)7-14(16-10)18(2)12-4-6-24(21,22)9-12/h7,11-12H,3-6,8-9H2,1-2H3,(H,15,16,17). The van der Waals surface area contributed by atoms with Crippen molar-refractivity contribution in [2.75, 3.05) is 40.3 Å². The van der Waals surface area contributed by atoms with E-state index in [0.29, 0.717) is 30.3 Å². The molecule has 3 rings (SSSR count). The molecule has 0 bridgehead atoms. The van der Waals surface area contributed by atoms with E-state index in [9.17, 15) is 16.8 Å². The summed E-state index contributed by atoms with van der Waals surface area (Å²) in [5.41, 5.74) is 0. The third-order valence-electron chi connectivity index (χ3n) is 4.53. The first-order valence-corrected chi connectivity index (χ1v) is 11.5. The lowest BCUT2D eigenvalue weighted by Crippen LogP contribution is -2.33. The first-order chi connectivity index (χ1) is 11.1. The van der Waals surface area contributed by atoms with Gasteiger partial charge in [-0.15, -0.1) is 0 Å². The van der Waals surface area contributed by atoms with E-state index in [2.05, 4.69) is 15.3 Å². The van der Waals surface area contributed by atoms with Crippen molar-refractivity contribution in [2.24, 2.45) is 0 Å². The van der Waals surface area contributed by atoms with Crippen LogP contribution in [0, 0.1) is 6.92 Å². The number of nitrogens with one attached hydrogen (secondary N) is 1. The fourth-order valence-corrected chi connectivity index (χ4v) is 6.64. The summed E-state index contributed by atoms with van der Waals surface area (Å²) in [4.78, 5) is 10.6. The number of hydrogen-bond donors (Lipinski definition) is 1. The number of aryl methyl sites for hydroxylation is 1. The van der Waals surface area contributed by atoms with Gasteiger partial charge in [0.25, 0.3) is 0 Å². The molecule has 0 aliphatic carbocycles. The van der Waals surface area contributed by atoms with E-state index < -0.39 is 19.7 Å². The molecule has 1 aromatic heterocycles. The van der Waals surface area contributed by atoms with Crippen LogP contribution in [0.4, 0.5) is 11.6 Å². The van der Waals surface area contributed by atoms with Gasteiger partial charge >= 0.3 is 0 Å². The summed E-state index contributed by atoms with van der Waals surface area (Å²) in [6.45, 7) is 1.76. The number of anilines is 2. The van der Waals surface area contributed by atoms with Crippen LogP contribution in [0.3, 0.4) is 0 Å². The number of aromatic nitrogens is 2. The Labute approximate surface area is 142 Å². The summed E-state index contributed by atoms with van der Waals surface area (Å²) in [6.07, 6.45) is 1.16. The number of sulfone groups is 2. The van der Waals surface area contributed by atoms with Gasteiger partial charge in [0.1, 0.15) is 17.5 Å². The normalized spacial score (nSPS) is 27.9. The Kier molecular flexibility index (Phi) is 4.45. The highest BCUT2D eigenvalue weighted by molar-refractivity contribution is 7.91. The van der Waals surface area contributed by atoms with Crippen molar-refractivity contribution >= 4 is 31.3 Å². The van der Waals surface area contributed by atoms with E-state index in [1.807, 2.05) is 11.9 Å². The fourth-order valence-electron chi connectivity index (χ4n) is 3.19. The molecular formula is C14H22N4O4S2. The molecule has 8 nitrogen and oxygen atoms in total. The van der Waals surface area contributed by atoms with Crippen LogP contribution < -0.4 is 10.2 Å². The van der Waals surface area contributed by atoms with Crippen LogP contribution in [0.25, 0.3) is 0 Å². The maximum Gasteiger partial charge on any atom is 0.152 e. The molecule has 2 fully saturated rings. The van der Waals surface area contributed by atoms with E-state index in [1.165, 1.54) is 0 Å². The molecule has 0 amide bonds. The molecule has 2 saturated heterocycles. The van der Waals surface area contributed by atoms with Crippen LogP contribution in [0.15, 0.2) is 6.07 Å². The first kappa shape index (κ1) is 17.4. The third kappa shape index (κ3) is 3.97. The zero-order chi connectivity index (χ0) is 17.5. The second-order valence-corrected chi connectivity index (χ2v) is 11.0. The molecule has 2 aliphatic heterocycles. The minimum atomic E-state index is -2.97. The van der Waals surface area contributed by atoms with Gasteiger partial charge in [-0.3, -0.25) is 0 Å². The zero-order valence-corrected chi connectivity index (χ0v) is 15.4. The maximum atomic E-state index is 11.7. The Morgan fingerprint density at radius 1 is 1.08 bits per heavy atom. The molecule has 0 saturated carbocycles. The SMILES string of the molecule is Cc1nc(NC2CCS(=O)(=O)C2)cc(N(C)C2CCS(=O)(=O)C2)n1. The minimum Gasteiger partial charge on any atom is -0.366 e. The predicted octanol–water partition coefficient (Wildman–Crippen LogP) is 0.00732. The van der Waals surface area contributed by atoms with Crippen molar-refractivity contribution in [3.8, 4) is 0 Å². The highest BCUT2D eigenvalue weighted by Crippen LogP contribution is 2.24. The minimum absolute atomic E-state index is 0.0935. The average Bonchev–Trinajstić information content (AvgIpc) is 2.99. The Morgan fingerprint density at radius 3 is 2.33 bits per heavy atom. The van der Waals surface area contributed by atoms with Crippen molar-refractivity contribution in [1.82, 2.24) is 9.97 Å². The highest BCUT2D eigenvalue weighted by Gasteiger charge is 2.32. The molecule has 3 heterocycles. The van der Waals surface area contributed by atoms with Gasteiger partial charge in [-0.2, -0.15) is 0 Å². The zero-order valence-electron chi connectivity index (χ0n) is 13.8. The largest absolute Gasteiger partial charge is 0.366 e. The van der Waals surface area contributed by atoms with Crippen LogP contribution >= 0.6 is 0 Å². The van der Waals surface area contributed by atoms with E-state index in [1.54, 1.807) is 13.0 Å². The third-order valence-corrected chi connectivity index (χ3v) is 8.04. The average molecular weight is 374 g/mol. The van der Waals surface area contributed by atoms with Gasteiger partial charge in [-0.25, -0.2) is 26.8 Å². The lowest BCUT2D eigenvalue weighted by molar-refractivity contribution is 0.599. The van der Waals surface area contributed by atoms with Crippen LogP contribution in [-0.2, 0) is 19.7 Å². The van der Waals surface area contributed by atoms with Gasteiger partial charge in [0.15, 0.2) is 19.7 Å². The molecular weight excluding hydrogens is 352 g/mol. The number of rotatable bonds is 4. The van der Waals surface area contributed by atoms with Gasteiger partial charge < -0.3 is 10.2 Å². The van der Waals surface area contributed by atoms with E-state index in [-0.39, 0.29) is 35.1 Å². The summed E-state index contributed by atoms with van der Waals surface area (Å²) in [7, 11) is -4.10. The highest BCUT2D eigenvalue weighted by atomic mass is 32.2. The number of hydrogen-bond acceptors (Lipinski definition) is 8. The van der Waals surface area contributed by atoms with E-state index in [4.69, 9.17) is 0 Å². The van der Waals surface area contributed by atoms with Crippen LogP contribution in [-0.4, -0.2) is 68.9 Å². The summed E-state index contributed by atoms with van der Waals surface area (Å²) >= 11 is 0. The van der Waals surface area contributed by atoms with Crippen molar-refractivity contribution in [3.63, 3.8) is 0 Å². The lowest BCUT2D eigenvalue weighted by atomic mass is 10.2. The molecule has 2 aliphatic rings. The lowest BCUT2D eigenvalue weighted by Gasteiger charge is -2.25. The Balaban J connectivity index is 1.76. The smallest absolute Gasteiger partial charge is 0.152 e. The summed E-state index contributed by atoms with van der Waals surface area (Å²) in [5.74, 6) is 2.43. The van der Waals surface area contributed by atoms with Gasteiger partial charge in [0, 0.05) is 25.2 Å². The Bertz CT molecular complexity index is 838. The maximum absolute atomic E-state index is 11.7. The monoisotopic (exact) mass is 374 g/mol. The van der Waals surface area contributed by atoms with Crippen molar-refractivity contribution in [2.45, 2.75) is 31.8 Å². The summed E-state index contributed by atoms with van der Waals surface area (Å²) in [6, 6.07) is 1.52. The van der Waals surface area contributed by atoms with Crippen LogP contribution in [0.1, 0.15) is 18.7 Å². The molecule has 0 spiro atoms. The molecule has 1 N–H and O–H groups in total. The second kappa shape index (κ2) is 6.14. The molecule has 0 radical (unpaired) electrons. The van der Waals surface area contributed by atoms with Gasteiger partial charge in [0.05, 0.1) is 23.0 Å². The summed E-state index contributed by atoms with van der Waals surface area (Å²) in [5, 5.41) is 3.16. The molecule has 1 aromatic rings. The quantitative estimate of drug-likeness (QED) is 0.785. The summed E-state index contributed by atoms with van der Waals surface area (Å²) < 4.78 is 46.5. The first-order valence-electron chi connectivity index (χ1n) is 7.89. The van der Waals surface area contributed by atoms with Gasteiger partial charge in [0.2, 0.25) is 0 Å². The van der Waals surface area contributed by atoms with Crippen molar-refractivity contribution in [1.29, 1.82) is 0 Å². The Hall–Kier alpha value is -1.42. The van der Waals surface area contributed by atoms with Crippen molar-refractivity contribution < 1.29 is 16.8 Å². The Morgan fingerprint density at radius 2 is 1.75 bits per heavy atom.